The maximum atomic E-state index is 11.4. The molecule has 0 aliphatic rings. The first-order valence-electron chi connectivity index (χ1n) is 5.62. The molecule has 1 aromatic carbocycles. The maximum Gasteiger partial charge on any atom is 0.310 e. The lowest BCUT2D eigenvalue weighted by molar-refractivity contribution is -0.144. The van der Waals surface area contributed by atoms with Crippen molar-refractivity contribution in [3.05, 3.63) is 29.8 Å². The van der Waals surface area contributed by atoms with Crippen molar-refractivity contribution < 1.29 is 19.0 Å². The molecular weight excluding hydrogens is 220 g/mol. The van der Waals surface area contributed by atoms with Crippen LogP contribution in [0.4, 0.5) is 0 Å². The Kier molecular flexibility index (Phi) is 6.10. The summed E-state index contributed by atoms with van der Waals surface area (Å²) < 4.78 is 15.1. The zero-order chi connectivity index (χ0) is 12.5. The summed E-state index contributed by atoms with van der Waals surface area (Å²) >= 11 is 0. The van der Waals surface area contributed by atoms with Gasteiger partial charge in [-0.25, -0.2) is 0 Å². The van der Waals surface area contributed by atoms with Crippen molar-refractivity contribution in [2.45, 2.75) is 13.3 Å². The van der Waals surface area contributed by atoms with Crippen LogP contribution in [-0.2, 0) is 20.7 Å². The second kappa shape index (κ2) is 7.68. The Bertz CT molecular complexity index is 332. The monoisotopic (exact) mass is 238 g/mol. The van der Waals surface area contributed by atoms with E-state index in [0.29, 0.717) is 19.8 Å². The van der Waals surface area contributed by atoms with Gasteiger partial charge in [0, 0.05) is 6.61 Å². The fourth-order valence-corrected chi connectivity index (χ4v) is 1.32. The van der Waals surface area contributed by atoms with Crippen LogP contribution in [0.3, 0.4) is 0 Å². The number of methoxy groups -OCH3 is 1. The van der Waals surface area contributed by atoms with Gasteiger partial charge in [0.25, 0.3) is 0 Å². The van der Waals surface area contributed by atoms with Crippen LogP contribution < -0.4 is 4.74 Å². The van der Waals surface area contributed by atoms with Crippen LogP contribution in [0.2, 0.25) is 0 Å². The van der Waals surface area contributed by atoms with E-state index < -0.39 is 0 Å². The van der Waals surface area contributed by atoms with Gasteiger partial charge in [0.15, 0.2) is 0 Å². The first-order chi connectivity index (χ1) is 8.26. The van der Waals surface area contributed by atoms with Gasteiger partial charge in [-0.2, -0.15) is 0 Å². The number of esters is 1. The average Bonchev–Trinajstić information content (AvgIpc) is 2.36. The number of rotatable bonds is 7. The average molecular weight is 238 g/mol. The smallest absolute Gasteiger partial charge is 0.310 e. The Morgan fingerprint density at radius 1 is 1.18 bits per heavy atom. The van der Waals surface area contributed by atoms with Gasteiger partial charge in [-0.3, -0.25) is 4.79 Å². The van der Waals surface area contributed by atoms with Crippen LogP contribution >= 0.6 is 0 Å². The van der Waals surface area contributed by atoms with Crippen LogP contribution in [0.1, 0.15) is 12.5 Å². The fraction of sp³-hybridized carbons (Fsp3) is 0.462. The summed E-state index contributed by atoms with van der Waals surface area (Å²) in [4.78, 5) is 11.4. The number of carbonyl (C=O) groups is 1. The topological polar surface area (TPSA) is 44.8 Å². The summed E-state index contributed by atoms with van der Waals surface area (Å²) in [5.41, 5.74) is 0.909. The van der Waals surface area contributed by atoms with E-state index in [9.17, 15) is 4.79 Å². The minimum Gasteiger partial charge on any atom is -0.497 e. The molecule has 0 aliphatic heterocycles. The largest absolute Gasteiger partial charge is 0.497 e. The van der Waals surface area contributed by atoms with Crippen LogP contribution in [-0.4, -0.2) is 32.9 Å². The quantitative estimate of drug-likeness (QED) is 0.537. The predicted molar refractivity (Wildman–Crippen MR) is 64.2 cm³/mol. The third-order valence-corrected chi connectivity index (χ3v) is 2.20. The molecule has 0 atom stereocenters. The van der Waals surface area contributed by atoms with Crippen molar-refractivity contribution in [1.82, 2.24) is 0 Å². The molecule has 0 saturated heterocycles. The molecule has 0 spiro atoms. The molecule has 0 aromatic heterocycles. The van der Waals surface area contributed by atoms with Gasteiger partial charge in [-0.05, 0) is 24.6 Å². The molecule has 1 rings (SSSR count). The summed E-state index contributed by atoms with van der Waals surface area (Å²) in [5, 5.41) is 0. The summed E-state index contributed by atoms with van der Waals surface area (Å²) in [6, 6.07) is 7.34. The Morgan fingerprint density at radius 3 is 2.47 bits per heavy atom. The van der Waals surface area contributed by atoms with E-state index in [1.54, 1.807) is 7.11 Å². The summed E-state index contributed by atoms with van der Waals surface area (Å²) in [7, 11) is 1.61. The van der Waals surface area contributed by atoms with Gasteiger partial charge in [0.1, 0.15) is 12.4 Å². The van der Waals surface area contributed by atoms with Gasteiger partial charge >= 0.3 is 5.97 Å². The number of carbonyl (C=O) groups excluding carboxylic acids is 1. The Hall–Kier alpha value is -1.55. The molecule has 17 heavy (non-hydrogen) atoms. The van der Waals surface area contributed by atoms with Gasteiger partial charge in [0.2, 0.25) is 0 Å². The lowest BCUT2D eigenvalue weighted by Crippen LogP contribution is -2.12. The van der Waals surface area contributed by atoms with E-state index in [4.69, 9.17) is 14.2 Å². The van der Waals surface area contributed by atoms with E-state index in [0.717, 1.165) is 11.3 Å². The molecule has 0 amide bonds. The van der Waals surface area contributed by atoms with Crippen molar-refractivity contribution in [3.63, 3.8) is 0 Å². The minimum absolute atomic E-state index is 0.241. The molecule has 94 valence electrons. The highest BCUT2D eigenvalue weighted by Gasteiger charge is 2.04. The van der Waals surface area contributed by atoms with Crippen LogP contribution in [0.5, 0.6) is 5.75 Å². The SMILES string of the molecule is CCOCCOC(=O)Cc1ccc(OC)cc1. The third kappa shape index (κ3) is 5.36. The lowest BCUT2D eigenvalue weighted by Gasteiger charge is -2.05. The Labute approximate surface area is 101 Å². The number of ether oxygens (including phenoxy) is 3. The van der Waals surface area contributed by atoms with Crippen molar-refractivity contribution in [2.75, 3.05) is 26.9 Å². The van der Waals surface area contributed by atoms with E-state index >= 15 is 0 Å². The Morgan fingerprint density at radius 2 is 1.88 bits per heavy atom. The molecule has 4 nitrogen and oxygen atoms in total. The molecule has 0 fully saturated rings. The zero-order valence-corrected chi connectivity index (χ0v) is 10.3. The highest BCUT2D eigenvalue weighted by molar-refractivity contribution is 5.72. The van der Waals surface area contributed by atoms with Crippen molar-refractivity contribution in [1.29, 1.82) is 0 Å². The van der Waals surface area contributed by atoms with E-state index in [1.807, 2.05) is 31.2 Å². The fourth-order valence-electron chi connectivity index (χ4n) is 1.32. The second-order valence-corrected chi connectivity index (χ2v) is 3.44. The molecule has 0 heterocycles. The van der Waals surface area contributed by atoms with Crippen molar-refractivity contribution >= 4 is 5.97 Å². The molecule has 0 radical (unpaired) electrons. The highest BCUT2D eigenvalue weighted by Crippen LogP contribution is 2.11. The maximum absolute atomic E-state index is 11.4. The van der Waals surface area contributed by atoms with Gasteiger partial charge in [-0.15, -0.1) is 0 Å². The molecular formula is C13H18O4. The molecule has 0 aliphatic carbocycles. The van der Waals surface area contributed by atoms with E-state index in [2.05, 4.69) is 0 Å². The normalized spacial score (nSPS) is 10.0. The molecule has 0 unspecified atom stereocenters. The first-order valence-corrected chi connectivity index (χ1v) is 5.62. The standard InChI is InChI=1S/C13H18O4/c1-3-16-8-9-17-13(14)10-11-4-6-12(15-2)7-5-11/h4-7H,3,8-10H2,1-2H3. The van der Waals surface area contributed by atoms with Crippen molar-refractivity contribution in [2.24, 2.45) is 0 Å². The molecule has 4 heteroatoms. The number of benzene rings is 1. The molecule has 0 saturated carbocycles. The highest BCUT2D eigenvalue weighted by atomic mass is 16.6. The summed E-state index contributed by atoms with van der Waals surface area (Å²) in [6.45, 7) is 3.29. The minimum atomic E-state index is -0.241. The van der Waals surface area contributed by atoms with Gasteiger partial charge in [-0.1, -0.05) is 12.1 Å². The number of hydrogen-bond donors (Lipinski definition) is 0. The van der Waals surface area contributed by atoms with Gasteiger partial charge in [0.05, 0.1) is 20.1 Å². The molecule has 0 bridgehead atoms. The van der Waals surface area contributed by atoms with Gasteiger partial charge < -0.3 is 14.2 Å². The lowest BCUT2D eigenvalue weighted by atomic mass is 10.1. The summed E-state index contributed by atoms with van der Waals surface area (Å²) in [5.74, 6) is 0.535. The first kappa shape index (κ1) is 13.5. The van der Waals surface area contributed by atoms with Crippen molar-refractivity contribution in [3.8, 4) is 5.75 Å². The van der Waals surface area contributed by atoms with E-state index in [1.165, 1.54) is 0 Å². The number of hydrogen-bond acceptors (Lipinski definition) is 4. The zero-order valence-electron chi connectivity index (χ0n) is 10.3. The van der Waals surface area contributed by atoms with Crippen LogP contribution in [0.25, 0.3) is 0 Å². The van der Waals surface area contributed by atoms with Crippen LogP contribution in [0, 0.1) is 0 Å². The Balaban J connectivity index is 2.29. The second-order valence-electron chi connectivity index (χ2n) is 3.44. The third-order valence-electron chi connectivity index (χ3n) is 2.20. The molecule has 0 N–H and O–H groups in total. The summed E-state index contributed by atoms with van der Waals surface area (Å²) in [6.07, 6.45) is 0.274. The molecule has 1 aromatic rings. The van der Waals surface area contributed by atoms with E-state index in [-0.39, 0.29) is 12.4 Å². The van der Waals surface area contributed by atoms with Crippen LogP contribution in [0.15, 0.2) is 24.3 Å². The predicted octanol–water partition coefficient (Wildman–Crippen LogP) is 1.82.